The number of nitrogen functional groups attached to an aromatic ring is 1. The number of para-hydroxylation sites is 1. The van der Waals surface area contributed by atoms with Crippen LogP contribution in [0.1, 0.15) is 10.4 Å². The topological polar surface area (TPSA) is 55.1 Å². The van der Waals surface area contributed by atoms with Crippen LogP contribution in [0, 0.1) is 0 Å². The van der Waals surface area contributed by atoms with Crippen molar-refractivity contribution in [2.45, 2.75) is 0 Å². The smallest absolute Gasteiger partial charge is 0.189 e. The highest BCUT2D eigenvalue weighted by molar-refractivity contribution is 6.07. The number of ketones is 1. The van der Waals surface area contributed by atoms with E-state index >= 15 is 0 Å². The number of carbonyl (C=O) groups is 1. The lowest BCUT2D eigenvalue weighted by molar-refractivity contribution is 0.104. The molecule has 0 amide bonds. The molecule has 0 aliphatic heterocycles. The normalized spacial score (nSPS) is 10.2. The van der Waals surface area contributed by atoms with Crippen molar-refractivity contribution in [3.63, 3.8) is 0 Å². The van der Waals surface area contributed by atoms with Crippen LogP contribution in [0.25, 0.3) is 0 Å². The van der Waals surface area contributed by atoms with Gasteiger partial charge in [-0.2, -0.15) is 0 Å². The van der Waals surface area contributed by atoms with E-state index in [1.165, 1.54) is 6.08 Å². The summed E-state index contributed by atoms with van der Waals surface area (Å²) in [7, 11) is 1.73. The van der Waals surface area contributed by atoms with Crippen LogP contribution in [0.5, 0.6) is 0 Å². The first-order valence-electron chi connectivity index (χ1n) is 3.98. The van der Waals surface area contributed by atoms with E-state index in [-0.39, 0.29) is 5.78 Å². The van der Waals surface area contributed by atoms with Gasteiger partial charge in [0.1, 0.15) is 0 Å². The van der Waals surface area contributed by atoms with Crippen molar-refractivity contribution in [3.8, 4) is 0 Å². The largest absolute Gasteiger partial charge is 0.398 e. The molecule has 0 aliphatic carbocycles. The SMILES string of the molecule is CN/C=C/C(=O)c1ccccc1N. The lowest BCUT2D eigenvalue weighted by Crippen LogP contribution is -2.02. The van der Waals surface area contributed by atoms with Crippen LogP contribution in [0.3, 0.4) is 0 Å². The van der Waals surface area contributed by atoms with Crippen molar-refractivity contribution >= 4 is 11.5 Å². The molecule has 0 spiro atoms. The maximum absolute atomic E-state index is 11.4. The number of rotatable bonds is 3. The molecule has 3 N–H and O–H groups in total. The second-order valence-electron chi connectivity index (χ2n) is 2.57. The summed E-state index contributed by atoms with van der Waals surface area (Å²) in [6, 6.07) is 7.00. The van der Waals surface area contributed by atoms with E-state index in [2.05, 4.69) is 5.32 Å². The standard InChI is InChI=1S/C10H12N2O/c1-12-7-6-10(13)8-4-2-3-5-9(8)11/h2-7,12H,11H2,1H3/b7-6+. The lowest BCUT2D eigenvalue weighted by Gasteiger charge is -1.99. The molecule has 0 saturated carbocycles. The van der Waals surface area contributed by atoms with Gasteiger partial charge >= 0.3 is 0 Å². The third kappa shape index (κ3) is 2.33. The maximum Gasteiger partial charge on any atom is 0.189 e. The molecular formula is C10H12N2O. The van der Waals surface area contributed by atoms with Gasteiger partial charge in [-0.15, -0.1) is 0 Å². The van der Waals surface area contributed by atoms with E-state index < -0.39 is 0 Å². The Balaban J connectivity index is 2.89. The minimum atomic E-state index is -0.0903. The monoisotopic (exact) mass is 176 g/mol. The number of nitrogens with one attached hydrogen (secondary N) is 1. The van der Waals surface area contributed by atoms with Crippen molar-refractivity contribution in [1.82, 2.24) is 5.32 Å². The second-order valence-corrected chi connectivity index (χ2v) is 2.57. The van der Waals surface area contributed by atoms with Gasteiger partial charge in [0.05, 0.1) is 0 Å². The summed E-state index contributed by atoms with van der Waals surface area (Å²) >= 11 is 0. The molecule has 3 nitrogen and oxygen atoms in total. The number of hydrogen-bond donors (Lipinski definition) is 2. The summed E-state index contributed by atoms with van der Waals surface area (Å²) in [5.74, 6) is -0.0903. The molecule has 0 fully saturated rings. The molecular weight excluding hydrogens is 164 g/mol. The number of carbonyl (C=O) groups excluding carboxylic acids is 1. The number of allylic oxidation sites excluding steroid dienone is 1. The van der Waals surface area contributed by atoms with Crippen molar-refractivity contribution in [2.75, 3.05) is 12.8 Å². The van der Waals surface area contributed by atoms with Crippen molar-refractivity contribution < 1.29 is 4.79 Å². The highest BCUT2D eigenvalue weighted by Gasteiger charge is 2.03. The first-order valence-corrected chi connectivity index (χ1v) is 3.98. The minimum absolute atomic E-state index is 0.0903. The first-order chi connectivity index (χ1) is 6.25. The van der Waals surface area contributed by atoms with Gasteiger partial charge in [-0.1, -0.05) is 12.1 Å². The Morgan fingerprint density at radius 1 is 1.46 bits per heavy atom. The molecule has 0 radical (unpaired) electrons. The average Bonchev–Trinajstić information content (AvgIpc) is 2.15. The third-order valence-corrected chi connectivity index (χ3v) is 1.63. The van der Waals surface area contributed by atoms with E-state index in [4.69, 9.17) is 5.73 Å². The number of anilines is 1. The van der Waals surface area contributed by atoms with Gasteiger partial charge in [-0.3, -0.25) is 4.79 Å². The van der Waals surface area contributed by atoms with Gasteiger partial charge in [0.15, 0.2) is 5.78 Å². The molecule has 0 saturated heterocycles. The fourth-order valence-electron chi connectivity index (χ4n) is 0.970. The quantitative estimate of drug-likeness (QED) is 0.413. The minimum Gasteiger partial charge on any atom is -0.398 e. The highest BCUT2D eigenvalue weighted by Crippen LogP contribution is 2.11. The molecule has 68 valence electrons. The van der Waals surface area contributed by atoms with Crippen LogP contribution in [0.2, 0.25) is 0 Å². The zero-order valence-corrected chi connectivity index (χ0v) is 7.45. The highest BCUT2D eigenvalue weighted by atomic mass is 16.1. The summed E-state index contributed by atoms with van der Waals surface area (Å²) in [6.45, 7) is 0. The third-order valence-electron chi connectivity index (χ3n) is 1.63. The summed E-state index contributed by atoms with van der Waals surface area (Å²) < 4.78 is 0. The maximum atomic E-state index is 11.4. The summed E-state index contributed by atoms with van der Waals surface area (Å²) in [4.78, 5) is 11.4. The van der Waals surface area contributed by atoms with E-state index in [1.54, 1.807) is 37.5 Å². The second kappa shape index (κ2) is 4.30. The Labute approximate surface area is 77.3 Å². The van der Waals surface area contributed by atoms with Crippen LogP contribution in [0.15, 0.2) is 36.5 Å². The molecule has 0 aromatic heterocycles. The zero-order valence-electron chi connectivity index (χ0n) is 7.45. The Hall–Kier alpha value is -1.77. The first kappa shape index (κ1) is 9.32. The predicted molar refractivity (Wildman–Crippen MR) is 53.4 cm³/mol. The Kier molecular flexibility index (Phi) is 3.09. The molecule has 1 rings (SSSR count). The molecule has 0 unspecified atom stereocenters. The van der Waals surface area contributed by atoms with Crippen LogP contribution in [0.4, 0.5) is 5.69 Å². The molecule has 13 heavy (non-hydrogen) atoms. The van der Waals surface area contributed by atoms with Gasteiger partial charge in [0.25, 0.3) is 0 Å². The Bertz CT molecular complexity index is 331. The van der Waals surface area contributed by atoms with Crippen LogP contribution in [-0.2, 0) is 0 Å². The fourth-order valence-corrected chi connectivity index (χ4v) is 0.970. The molecule has 0 aliphatic rings. The van der Waals surface area contributed by atoms with Crippen LogP contribution >= 0.6 is 0 Å². The van der Waals surface area contributed by atoms with Gasteiger partial charge in [-0.25, -0.2) is 0 Å². The molecule has 1 aromatic carbocycles. The van der Waals surface area contributed by atoms with Crippen LogP contribution in [-0.4, -0.2) is 12.8 Å². The van der Waals surface area contributed by atoms with E-state index in [0.29, 0.717) is 11.3 Å². The lowest BCUT2D eigenvalue weighted by atomic mass is 10.1. The van der Waals surface area contributed by atoms with Crippen molar-refractivity contribution in [2.24, 2.45) is 0 Å². The molecule has 0 bridgehead atoms. The fraction of sp³-hybridized carbons (Fsp3) is 0.100. The van der Waals surface area contributed by atoms with Gasteiger partial charge in [0.2, 0.25) is 0 Å². The Morgan fingerprint density at radius 2 is 2.15 bits per heavy atom. The van der Waals surface area contributed by atoms with E-state index in [0.717, 1.165) is 0 Å². The van der Waals surface area contributed by atoms with Crippen molar-refractivity contribution in [1.29, 1.82) is 0 Å². The predicted octanol–water partition coefficient (Wildman–Crippen LogP) is 1.18. The van der Waals surface area contributed by atoms with Gasteiger partial charge < -0.3 is 11.1 Å². The molecule has 0 atom stereocenters. The van der Waals surface area contributed by atoms with Crippen LogP contribution < -0.4 is 11.1 Å². The Morgan fingerprint density at radius 3 is 2.77 bits per heavy atom. The van der Waals surface area contributed by atoms with E-state index in [9.17, 15) is 4.79 Å². The van der Waals surface area contributed by atoms with E-state index in [1.807, 2.05) is 0 Å². The van der Waals surface area contributed by atoms with Crippen molar-refractivity contribution in [3.05, 3.63) is 42.1 Å². The average molecular weight is 176 g/mol. The number of nitrogens with two attached hydrogens (primary N) is 1. The number of hydrogen-bond acceptors (Lipinski definition) is 3. The zero-order chi connectivity index (χ0) is 9.68. The molecule has 1 aromatic rings. The molecule has 3 heteroatoms. The number of benzene rings is 1. The van der Waals surface area contributed by atoms with Gasteiger partial charge in [0, 0.05) is 30.6 Å². The van der Waals surface area contributed by atoms with Gasteiger partial charge in [-0.05, 0) is 12.1 Å². The summed E-state index contributed by atoms with van der Waals surface area (Å²) in [6.07, 6.45) is 3.03. The summed E-state index contributed by atoms with van der Waals surface area (Å²) in [5, 5.41) is 2.75. The molecule has 0 heterocycles. The summed E-state index contributed by atoms with van der Waals surface area (Å²) in [5.41, 5.74) is 6.66.